The number of carbonyl (C=O) groups is 2. The van der Waals surface area contributed by atoms with Gasteiger partial charge in [-0.3, -0.25) is 4.79 Å². The summed E-state index contributed by atoms with van der Waals surface area (Å²) in [4.78, 5) is 29.8. The van der Waals surface area contributed by atoms with Crippen molar-refractivity contribution in [2.75, 3.05) is 18.1 Å². The molecule has 0 unspecified atom stereocenters. The second-order valence-electron chi connectivity index (χ2n) is 7.31. The molecule has 3 atom stereocenters. The summed E-state index contributed by atoms with van der Waals surface area (Å²) in [6.07, 6.45) is 1.67. The Morgan fingerprint density at radius 3 is 2.75 bits per heavy atom. The topological polar surface area (TPSA) is 82.5 Å². The van der Waals surface area contributed by atoms with E-state index < -0.39 is 11.9 Å². The number of aryl methyl sites for hydroxylation is 1. The van der Waals surface area contributed by atoms with E-state index >= 15 is 0 Å². The molecule has 2 bridgehead atoms. The van der Waals surface area contributed by atoms with Gasteiger partial charge in [0.05, 0.1) is 27.8 Å². The number of anilines is 1. The van der Waals surface area contributed by atoms with Crippen molar-refractivity contribution in [3.63, 3.8) is 0 Å². The Balaban J connectivity index is 1.89. The van der Waals surface area contributed by atoms with E-state index in [4.69, 9.17) is 0 Å². The quantitative estimate of drug-likeness (QED) is 0.507. The number of benzene rings is 1. The first-order valence-electron chi connectivity index (χ1n) is 8.87. The average molecular weight is 468 g/mol. The number of hydrogen-bond acceptors (Lipinski definition) is 5. The van der Waals surface area contributed by atoms with Gasteiger partial charge in [0.2, 0.25) is 0 Å². The van der Waals surface area contributed by atoms with Crippen LogP contribution in [0.25, 0.3) is 10.9 Å². The molecule has 3 fully saturated rings. The first-order chi connectivity index (χ1) is 13.2. The Hall–Kier alpha value is -1.87. The van der Waals surface area contributed by atoms with Gasteiger partial charge in [-0.15, -0.1) is 11.8 Å². The smallest absolute Gasteiger partial charge is 0.407 e. The third kappa shape index (κ3) is 2.78. The van der Waals surface area contributed by atoms with E-state index in [1.54, 1.807) is 13.2 Å². The van der Waals surface area contributed by atoms with E-state index in [2.05, 4.69) is 26.2 Å². The van der Waals surface area contributed by atoms with Gasteiger partial charge in [-0.1, -0.05) is 0 Å². The number of rotatable bonds is 4. The lowest BCUT2D eigenvalue weighted by molar-refractivity contribution is 0.101. The van der Waals surface area contributed by atoms with Crippen LogP contribution in [0, 0.1) is 18.7 Å². The molecule has 0 radical (unpaired) electrons. The minimum Gasteiger partial charge on any atom is -0.465 e. The van der Waals surface area contributed by atoms with Gasteiger partial charge in [-0.05, 0) is 54.1 Å². The lowest BCUT2D eigenvalue weighted by atomic mass is 9.79. The molecule has 28 heavy (non-hydrogen) atoms. The largest absolute Gasteiger partial charge is 0.465 e. The van der Waals surface area contributed by atoms with Crippen LogP contribution in [0.2, 0.25) is 0 Å². The number of thioether (sulfide) groups is 1. The number of nitrogens with one attached hydrogen (secondary N) is 1. The number of amides is 1. The molecule has 0 spiro atoms. The molecule has 1 aromatic heterocycles. The number of carboxylic acid groups (broad SMARTS) is 1. The van der Waals surface area contributed by atoms with Crippen LogP contribution < -0.4 is 5.32 Å². The molecule has 1 aromatic carbocycles. The fraction of sp³-hybridized carbons (Fsp3) is 0.421. The van der Waals surface area contributed by atoms with Crippen molar-refractivity contribution in [1.82, 2.24) is 9.88 Å². The zero-order chi connectivity index (χ0) is 20.3. The van der Waals surface area contributed by atoms with Crippen LogP contribution in [0.5, 0.6) is 0 Å². The van der Waals surface area contributed by atoms with Crippen molar-refractivity contribution < 1.29 is 19.1 Å². The Morgan fingerprint density at radius 2 is 2.18 bits per heavy atom. The maximum absolute atomic E-state index is 14.9. The van der Waals surface area contributed by atoms with E-state index in [1.165, 1.54) is 23.6 Å². The highest BCUT2D eigenvalue weighted by molar-refractivity contribution is 9.10. The number of carbonyl (C=O) groups excluding carboxylic acids is 1. The second-order valence-corrected chi connectivity index (χ2v) is 8.90. The fourth-order valence-corrected chi connectivity index (χ4v) is 5.22. The maximum Gasteiger partial charge on any atom is 0.407 e. The Labute approximate surface area is 174 Å². The molecule has 6 nitrogen and oxygen atoms in total. The highest BCUT2D eigenvalue weighted by Gasteiger charge is 2.54. The van der Waals surface area contributed by atoms with E-state index in [0.29, 0.717) is 38.2 Å². The van der Waals surface area contributed by atoms with Gasteiger partial charge in [0.25, 0.3) is 0 Å². The van der Waals surface area contributed by atoms with Gasteiger partial charge in [0.15, 0.2) is 11.6 Å². The van der Waals surface area contributed by atoms with Crippen LogP contribution >= 0.6 is 27.7 Å². The summed E-state index contributed by atoms with van der Waals surface area (Å²) in [5.74, 6) is -0.445. The number of Topliss-reactive ketones (excluding diaryl/α,β-unsaturated/α-hetero) is 1. The van der Waals surface area contributed by atoms with Crippen LogP contribution in [0.3, 0.4) is 0 Å². The second kappa shape index (κ2) is 6.88. The van der Waals surface area contributed by atoms with Gasteiger partial charge in [0, 0.05) is 17.8 Å². The molecule has 2 saturated heterocycles. The maximum atomic E-state index is 14.9. The van der Waals surface area contributed by atoms with Crippen molar-refractivity contribution in [2.45, 2.75) is 37.4 Å². The highest BCUT2D eigenvalue weighted by Crippen LogP contribution is 2.45. The standard InChI is InChI=1S/C19H19BrFN3O3S/c1-7-4-10-16(22-15-9-5-11(15)24(6-9)19(26)27)12(8(2)25)18(28-3)23-17(10)14(21)13(7)20/h4,9,11,15H,5-6H2,1-3H3,(H,22,23)(H,26,27)/t9-,11-,15+/m1/s1. The Bertz CT molecular complexity index is 1030. The summed E-state index contributed by atoms with van der Waals surface area (Å²) in [7, 11) is 0. The van der Waals surface area contributed by atoms with Crippen LogP contribution in [0.15, 0.2) is 15.6 Å². The monoisotopic (exact) mass is 467 g/mol. The molecular formula is C19H19BrFN3O3S. The van der Waals surface area contributed by atoms with Gasteiger partial charge in [0.1, 0.15) is 10.5 Å². The summed E-state index contributed by atoms with van der Waals surface area (Å²) in [6, 6.07) is 1.58. The molecule has 1 aliphatic carbocycles. The Morgan fingerprint density at radius 1 is 1.46 bits per heavy atom. The third-order valence-electron chi connectivity index (χ3n) is 5.71. The lowest BCUT2D eigenvalue weighted by Gasteiger charge is -2.37. The summed E-state index contributed by atoms with van der Waals surface area (Å²) in [5.41, 5.74) is 1.86. The minimum atomic E-state index is -0.932. The number of hydrogen-bond donors (Lipinski definition) is 2. The predicted octanol–water partition coefficient (Wildman–Crippen LogP) is 4.53. The molecule has 148 valence electrons. The van der Waals surface area contributed by atoms with Crippen molar-refractivity contribution in [3.8, 4) is 0 Å². The SMILES string of the molecule is CSc1nc2c(F)c(Br)c(C)cc2c(N[C@H]2[C@@H]3C[C@H]2N(C(=O)O)C3)c1C(C)=O. The summed E-state index contributed by atoms with van der Waals surface area (Å²) >= 11 is 4.55. The predicted molar refractivity (Wildman–Crippen MR) is 110 cm³/mol. The molecule has 2 N–H and O–H groups in total. The van der Waals surface area contributed by atoms with Crippen molar-refractivity contribution in [2.24, 2.45) is 5.92 Å². The lowest BCUT2D eigenvalue weighted by Crippen LogP contribution is -2.49. The fourth-order valence-electron chi connectivity index (χ4n) is 4.29. The molecule has 5 rings (SSSR count). The van der Waals surface area contributed by atoms with Gasteiger partial charge in [-0.2, -0.15) is 0 Å². The van der Waals surface area contributed by atoms with Gasteiger partial charge < -0.3 is 15.3 Å². The average Bonchev–Trinajstić information content (AvgIpc) is 3.23. The highest BCUT2D eigenvalue weighted by atomic mass is 79.9. The first kappa shape index (κ1) is 19.4. The zero-order valence-electron chi connectivity index (χ0n) is 15.5. The van der Waals surface area contributed by atoms with Crippen molar-refractivity contribution >= 4 is 56.2 Å². The van der Waals surface area contributed by atoms with Crippen LogP contribution in [0.4, 0.5) is 14.9 Å². The molecule has 2 aliphatic heterocycles. The third-order valence-corrected chi connectivity index (χ3v) is 7.37. The molecule has 2 aromatic rings. The van der Waals surface area contributed by atoms with E-state index in [0.717, 1.165) is 6.42 Å². The number of pyridine rings is 1. The Kier molecular flexibility index (Phi) is 4.78. The van der Waals surface area contributed by atoms with Crippen molar-refractivity contribution in [1.29, 1.82) is 0 Å². The normalized spacial score (nSPS) is 23.0. The minimum absolute atomic E-state index is 0.0958. The zero-order valence-corrected chi connectivity index (χ0v) is 17.9. The molecule has 1 amide bonds. The number of ketones is 1. The number of halogens is 2. The summed E-state index contributed by atoms with van der Waals surface area (Å²) < 4.78 is 15.3. The number of nitrogens with zero attached hydrogens (tertiary/aromatic N) is 2. The number of fused-ring (bicyclic) bond motifs is 2. The van der Waals surface area contributed by atoms with E-state index in [-0.39, 0.29) is 29.3 Å². The summed E-state index contributed by atoms with van der Waals surface area (Å²) in [6.45, 7) is 3.73. The molecular weight excluding hydrogens is 449 g/mol. The van der Waals surface area contributed by atoms with Crippen LogP contribution in [-0.4, -0.2) is 51.8 Å². The van der Waals surface area contributed by atoms with Crippen LogP contribution in [-0.2, 0) is 0 Å². The van der Waals surface area contributed by atoms with Gasteiger partial charge in [-0.25, -0.2) is 14.2 Å². The van der Waals surface area contributed by atoms with Crippen LogP contribution in [0.1, 0.15) is 29.3 Å². The molecule has 9 heteroatoms. The molecule has 3 heterocycles. The first-order valence-corrected chi connectivity index (χ1v) is 10.9. The van der Waals surface area contributed by atoms with Gasteiger partial charge >= 0.3 is 6.09 Å². The van der Waals surface area contributed by atoms with Crippen molar-refractivity contribution in [3.05, 3.63) is 27.5 Å². The summed E-state index contributed by atoms with van der Waals surface area (Å²) in [5, 5.41) is 13.8. The van der Waals surface area contributed by atoms with E-state index in [9.17, 15) is 19.1 Å². The van der Waals surface area contributed by atoms with E-state index in [1.807, 2.05) is 6.07 Å². The molecule has 1 saturated carbocycles. The number of aromatic nitrogens is 1. The molecule has 3 aliphatic rings.